The van der Waals surface area contributed by atoms with Crippen LogP contribution in [0.5, 0.6) is 5.75 Å². The first-order valence-corrected chi connectivity index (χ1v) is 23.6. The van der Waals surface area contributed by atoms with Crippen LogP contribution in [0.15, 0.2) is 65.7 Å². The van der Waals surface area contributed by atoms with Crippen LogP contribution in [0.25, 0.3) is 10.8 Å². The number of halogens is 2. The number of rotatable bonds is 17. The van der Waals surface area contributed by atoms with Crippen LogP contribution in [0.1, 0.15) is 81.7 Å². The molecule has 0 spiro atoms. The summed E-state index contributed by atoms with van der Waals surface area (Å²) in [5.41, 5.74) is -0.0268. The number of hydrogen-bond donors (Lipinski definition) is 2. The maximum Gasteiger partial charge on any atom is 0.411 e. The van der Waals surface area contributed by atoms with Crippen LogP contribution in [0.2, 0.25) is 0 Å². The highest BCUT2D eigenvalue weighted by Crippen LogP contribution is 2.46. The summed E-state index contributed by atoms with van der Waals surface area (Å²) < 4.78 is 82.1. The lowest BCUT2D eigenvalue weighted by molar-refractivity contribution is -0.282. The molecule has 5 aromatic rings. The number of ether oxygens (including phenoxy) is 9. The molecule has 24 nitrogen and oxygen atoms in total. The smallest absolute Gasteiger partial charge is 0.411 e. The number of alkyl carbamates (subject to hydrolysis) is 1. The molecule has 7 atom stereocenters. The Bertz CT molecular complexity index is 3050. The van der Waals surface area contributed by atoms with E-state index in [0.29, 0.717) is 22.3 Å². The van der Waals surface area contributed by atoms with E-state index in [4.69, 9.17) is 47.7 Å². The van der Waals surface area contributed by atoms with Gasteiger partial charge in [0.1, 0.15) is 48.4 Å². The molecule has 0 bridgehead atoms. The average Bonchev–Trinajstić information content (AvgIpc) is 3.83. The largest absolute Gasteiger partial charge is 0.467 e. The highest BCUT2D eigenvalue weighted by molar-refractivity contribution is 5.97. The number of esters is 4. The van der Waals surface area contributed by atoms with Gasteiger partial charge in [0.25, 0.3) is 5.56 Å². The number of nitrogens with one attached hydrogen (secondary N) is 2. The quantitative estimate of drug-likeness (QED) is 0.0962. The zero-order valence-electron chi connectivity index (χ0n) is 42.8. The molecule has 0 radical (unpaired) electrons. The number of anilines is 1. The summed E-state index contributed by atoms with van der Waals surface area (Å²) in [6, 6.07) is 11.6. The van der Waals surface area contributed by atoms with E-state index < -0.39 is 115 Å². The topological polar surface area (TPSA) is 278 Å². The second-order valence-corrected chi connectivity index (χ2v) is 18.5. The number of amides is 2. The predicted molar refractivity (Wildman–Crippen MR) is 258 cm³/mol. The molecule has 2 amide bonds. The molecular weight excluding hydrogens is 1010 g/mol. The highest BCUT2D eigenvalue weighted by atomic mass is 19.1. The Morgan fingerprint density at radius 1 is 0.882 bits per heavy atom. The van der Waals surface area contributed by atoms with Crippen LogP contribution in [0, 0.1) is 11.6 Å². The number of carbonyl (C=O) groups excluding carboxylic acids is 6. The van der Waals surface area contributed by atoms with Crippen molar-refractivity contribution < 1.29 is 80.2 Å². The standard InChI is InChI=1S/C50H56F2N8O16/c1-25(61)71-40-41(72-26(2)62)43(73-27(3)63)47(75-42(40)46(65)69-9)74-35-15-10-28(18-30(35)21-53-48(66)76-50(4,5)6)22-70-49(67)59(16-17-68-8)24-60-45(64)33-19-32(52)20-34-36(33)39(57-60)37(44-54-23-55-58(44)7)38(56-34)29-11-13-31(51)14-12-29/h10-15,18-20,23,37-38,40-43,47,56H,16-17,21-22,24H2,1-9H3,(H,53,66)/t37-,38-,40+,41+,42+,43-,47-/m1/s1. The minimum atomic E-state index is -1.78. The first-order valence-electron chi connectivity index (χ1n) is 23.6. The van der Waals surface area contributed by atoms with Gasteiger partial charge >= 0.3 is 36.1 Å². The Morgan fingerprint density at radius 3 is 2.20 bits per heavy atom. The number of benzene rings is 3. The van der Waals surface area contributed by atoms with Crippen molar-refractivity contribution in [1.29, 1.82) is 0 Å². The van der Waals surface area contributed by atoms with Crippen LogP contribution < -0.4 is 20.9 Å². The van der Waals surface area contributed by atoms with Gasteiger partial charge in [-0.1, -0.05) is 18.2 Å². The van der Waals surface area contributed by atoms with E-state index in [1.807, 2.05) is 0 Å². The maximum absolute atomic E-state index is 15.4. The van der Waals surface area contributed by atoms with Gasteiger partial charge in [-0.2, -0.15) is 10.2 Å². The van der Waals surface area contributed by atoms with Crippen LogP contribution >= 0.6 is 0 Å². The molecule has 1 saturated heterocycles. The normalized spacial score (nSPS) is 19.9. The molecule has 406 valence electrons. The van der Waals surface area contributed by atoms with Gasteiger partial charge in [-0.25, -0.2) is 32.8 Å². The van der Waals surface area contributed by atoms with Crippen molar-refractivity contribution in [3.05, 3.63) is 111 Å². The Kier molecular flexibility index (Phi) is 17.2. The van der Waals surface area contributed by atoms with Crippen molar-refractivity contribution in [1.82, 2.24) is 34.8 Å². The van der Waals surface area contributed by atoms with Gasteiger partial charge in [-0.3, -0.25) is 28.8 Å². The number of aromatic nitrogens is 5. The number of nitrogens with zero attached hydrogens (tertiary/aromatic N) is 6. The zero-order chi connectivity index (χ0) is 55.2. The highest BCUT2D eigenvalue weighted by Gasteiger charge is 2.56. The first kappa shape index (κ1) is 55.5. The Labute approximate surface area is 432 Å². The maximum atomic E-state index is 15.4. The van der Waals surface area contributed by atoms with Crippen molar-refractivity contribution in [2.45, 2.75) is 110 Å². The summed E-state index contributed by atoms with van der Waals surface area (Å²) in [5.74, 6) is -5.45. The molecule has 1 fully saturated rings. The number of aryl methyl sites for hydroxylation is 1. The number of hydrogen-bond acceptors (Lipinski definition) is 20. The molecule has 4 heterocycles. The summed E-state index contributed by atoms with van der Waals surface area (Å²) >= 11 is 0. The van der Waals surface area contributed by atoms with E-state index in [9.17, 15) is 38.0 Å². The van der Waals surface area contributed by atoms with Crippen molar-refractivity contribution in [3.63, 3.8) is 0 Å². The molecule has 76 heavy (non-hydrogen) atoms. The molecule has 2 aliphatic heterocycles. The van der Waals surface area contributed by atoms with E-state index in [2.05, 4.69) is 20.7 Å². The summed E-state index contributed by atoms with van der Waals surface area (Å²) in [6.07, 6.45) is -9.02. The summed E-state index contributed by atoms with van der Waals surface area (Å²) in [7, 11) is 4.10. The molecule has 2 aromatic heterocycles. The Morgan fingerprint density at radius 2 is 1.57 bits per heavy atom. The third-order valence-corrected chi connectivity index (χ3v) is 11.8. The molecular formula is C50H56F2N8O16. The Hall–Kier alpha value is -8.26. The fraction of sp³-hybridized carbons (Fsp3) is 0.440. The molecule has 0 saturated carbocycles. The lowest BCUT2D eigenvalue weighted by Gasteiger charge is -2.43. The van der Waals surface area contributed by atoms with E-state index in [1.54, 1.807) is 40.0 Å². The number of methoxy groups -OCH3 is 2. The summed E-state index contributed by atoms with van der Waals surface area (Å²) in [6.45, 7) is 6.66. The fourth-order valence-corrected chi connectivity index (χ4v) is 8.63. The molecule has 0 aliphatic carbocycles. The Balaban J connectivity index is 1.21. The minimum absolute atomic E-state index is 0.0257. The van der Waals surface area contributed by atoms with Crippen LogP contribution in [-0.4, -0.2) is 129 Å². The third-order valence-electron chi connectivity index (χ3n) is 11.8. The van der Waals surface area contributed by atoms with Crippen molar-refractivity contribution in [3.8, 4) is 5.75 Å². The van der Waals surface area contributed by atoms with E-state index in [0.717, 1.165) is 43.5 Å². The third kappa shape index (κ3) is 13.0. The zero-order valence-corrected chi connectivity index (χ0v) is 42.8. The monoisotopic (exact) mass is 1060 g/mol. The van der Waals surface area contributed by atoms with Gasteiger partial charge in [0.2, 0.25) is 12.4 Å². The van der Waals surface area contributed by atoms with Gasteiger partial charge in [0.15, 0.2) is 18.3 Å². The van der Waals surface area contributed by atoms with Gasteiger partial charge in [-0.05, 0) is 68.3 Å². The van der Waals surface area contributed by atoms with Crippen molar-refractivity contribution >= 4 is 52.5 Å². The lowest BCUT2D eigenvalue weighted by Crippen LogP contribution is -2.64. The van der Waals surface area contributed by atoms with E-state index in [1.165, 1.54) is 54.5 Å². The summed E-state index contributed by atoms with van der Waals surface area (Å²) in [4.78, 5) is 97.3. The van der Waals surface area contributed by atoms with E-state index >= 15 is 4.39 Å². The van der Waals surface area contributed by atoms with E-state index in [-0.39, 0.29) is 47.8 Å². The SMILES string of the molecule is COCCN(Cn1nc2c3c(cc(F)cc3c1=O)N[C@H](c1ccc(F)cc1)[C@H]2c1ncnn1C)C(=O)OCc1ccc(O[C@@H]2O[C@H](C(=O)OC)[C@@H](OC(C)=O)[C@H](OC(C)=O)[C@H]2OC(C)=O)c(CNC(=O)OC(C)(C)C)c1. The molecule has 7 rings (SSSR count). The average molecular weight is 1060 g/mol. The van der Waals surface area contributed by atoms with Crippen LogP contribution in [0.3, 0.4) is 0 Å². The molecule has 2 aliphatic rings. The second kappa shape index (κ2) is 23.5. The van der Waals surface area contributed by atoms with Gasteiger partial charge in [-0.15, -0.1) is 0 Å². The predicted octanol–water partition coefficient (Wildman–Crippen LogP) is 4.44. The van der Waals surface area contributed by atoms with Gasteiger partial charge in [0.05, 0.1) is 36.8 Å². The van der Waals surface area contributed by atoms with Crippen molar-refractivity contribution in [2.75, 3.05) is 32.7 Å². The lowest BCUT2D eigenvalue weighted by atomic mass is 9.83. The molecule has 2 N–H and O–H groups in total. The van der Waals surface area contributed by atoms with Crippen molar-refractivity contribution in [2.24, 2.45) is 7.05 Å². The summed E-state index contributed by atoms with van der Waals surface area (Å²) in [5, 5.41) is 15.2. The van der Waals surface area contributed by atoms with Gasteiger partial charge < -0.3 is 53.3 Å². The molecule has 26 heteroatoms. The van der Waals surface area contributed by atoms with Crippen LogP contribution in [0.4, 0.5) is 24.1 Å². The van der Waals surface area contributed by atoms with Crippen LogP contribution in [-0.2, 0) is 83.9 Å². The fourth-order valence-electron chi connectivity index (χ4n) is 8.63. The minimum Gasteiger partial charge on any atom is -0.467 e. The number of carbonyl (C=O) groups is 6. The molecule has 3 aromatic carbocycles. The second-order valence-electron chi connectivity index (χ2n) is 18.5. The van der Waals surface area contributed by atoms with Gasteiger partial charge in [0, 0.05) is 64.7 Å². The molecule has 0 unspecified atom stereocenters. The first-order chi connectivity index (χ1) is 36.0.